The minimum absolute atomic E-state index is 0.0981. The first-order valence-electron chi connectivity index (χ1n) is 6.90. The molecule has 0 radical (unpaired) electrons. The fourth-order valence-electron chi connectivity index (χ4n) is 2.05. The van der Waals surface area contributed by atoms with Gasteiger partial charge in [0.2, 0.25) is 0 Å². The summed E-state index contributed by atoms with van der Waals surface area (Å²) in [7, 11) is 1.51. The summed E-state index contributed by atoms with van der Waals surface area (Å²) in [6, 6.07) is -0.402. The van der Waals surface area contributed by atoms with Gasteiger partial charge >= 0.3 is 6.18 Å². The van der Waals surface area contributed by atoms with Crippen LogP contribution in [0.5, 0.6) is 5.75 Å². The summed E-state index contributed by atoms with van der Waals surface area (Å²) in [4.78, 5) is 0. The van der Waals surface area contributed by atoms with E-state index in [1.165, 1.54) is 7.11 Å². The highest BCUT2D eigenvalue weighted by Crippen LogP contribution is 2.26. The average Bonchev–Trinajstić information content (AvgIpc) is 2.79. The summed E-state index contributed by atoms with van der Waals surface area (Å²) >= 11 is 0. The first-order valence-corrected chi connectivity index (χ1v) is 6.90. The minimum atomic E-state index is -4.33. The number of hydrogen-bond donors (Lipinski definition) is 1. The van der Waals surface area contributed by atoms with Gasteiger partial charge in [-0.2, -0.15) is 18.3 Å². The van der Waals surface area contributed by atoms with Gasteiger partial charge in [0.15, 0.2) is 5.75 Å². The first-order chi connectivity index (χ1) is 9.92. The van der Waals surface area contributed by atoms with Crippen molar-refractivity contribution in [1.29, 1.82) is 0 Å². The highest BCUT2D eigenvalue weighted by molar-refractivity contribution is 5.28. The molecule has 122 valence electrons. The Bertz CT molecular complexity index is 421. The normalized spacial score (nSPS) is 13.4. The van der Waals surface area contributed by atoms with Crippen molar-refractivity contribution in [2.75, 3.05) is 26.9 Å². The van der Waals surface area contributed by atoms with Gasteiger partial charge in [-0.25, -0.2) is 0 Å². The molecule has 0 fully saturated rings. The molecule has 0 aliphatic heterocycles. The second-order valence-electron chi connectivity index (χ2n) is 4.56. The van der Waals surface area contributed by atoms with Gasteiger partial charge in [-0.1, -0.05) is 13.8 Å². The number of aryl methyl sites for hydroxylation is 1. The van der Waals surface area contributed by atoms with E-state index < -0.39 is 18.8 Å². The molecule has 0 spiro atoms. The molecule has 5 nitrogen and oxygen atoms in total. The molecule has 1 heterocycles. The van der Waals surface area contributed by atoms with Crippen molar-refractivity contribution in [2.24, 2.45) is 0 Å². The van der Waals surface area contributed by atoms with E-state index in [2.05, 4.69) is 10.4 Å². The van der Waals surface area contributed by atoms with E-state index in [1.807, 2.05) is 13.8 Å². The van der Waals surface area contributed by atoms with Gasteiger partial charge in [0, 0.05) is 6.54 Å². The lowest BCUT2D eigenvalue weighted by Crippen LogP contribution is -2.30. The molecular weight excluding hydrogens is 287 g/mol. The summed E-state index contributed by atoms with van der Waals surface area (Å²) in [5.41, 5.74) is 0.711. The molecule has 21 heavy (non-hydrogen) atoms. The molecule has 1 unspecified atom stereocenters. The molecule has 1 N–H and O–H groups in total. The van der Waals surface area contributed by atoms with Gasteiger partial charge < -0.3 is 14.8 Å². The van der Waals surface area contributed by atoms with Crippen LogP contribution < -0.4 is 10.1 Å². The number of rotatable bonds is 9. The molecule has 0 aliphatic rings. The highest BCUT2D eigenvalue weighted by Gasteiger charge is 2.29. The lowest BCUT2D eigenvalue weighted by Gasteiger charge is -2.21. The van der Waals surface area contributed by atoms with Crippen molar-refractivity contribution in [1.82, 2.24) is 15.1 Å². The Morgan fingerprint density at radius 2 is 2.10 bits per heavy atom. The number of hydrogen-bond acceptors (Lipinski definition) is 4. The molecule has 0 saturated heterocycles. The third-order valence-corrected chi connectivity index (χ3v) is 2.83. The number of halogens is 3. The Morgan fingerprint density at radius 1 is 1.38 bits per heavy atom. The van der Waals surface area contributed by atoms with Gasteiger partial charge in [-0.05, 0) is 13.0 Å². The predicted molar refractivity (Wildman–Crippen MR) is 72.4 cm³/mol. The lowest BCUT2D eigenvalue weighted by atomic mass is 10.2. The smallest absolute Gasteiger partial charge is 0.411 e. The van der Waals surface area contributed by atoms with E-state index in [9.17, 15) is 13.2 Å². The van der Waals surface area contributed by atoms with E-state index in [-0.39, 0.29) is 6.61 Å². The van der Waals surface area contributed by atoms with Crippen LogP contribution in [0.25, 0.3) is 0 Å². The first kappa shape index (κ1) is 17.8. The monoisotopic (exact) mass is 309 g/mol. The molecular formula is C13H22F3N3O2. The molecule has 0 saturated carbocycles. The van der Waals surface area contributed by atoms with Crippen LogP contribution in [0.2, 0.25) is 0 Å². The van der Waals surface area contributed by atoms with Crippen molar-refractivity contribution in [3.63, 3.8) is 0 Å². The van der Waals surface area contributed by atoms with Crippen molar-refractivity contribution >= 4 is 0 Å². The average molecular weight is 309 g/mol. The van der Waals surface area contributed by atoms with Crippen LogP contribution in [0.3, 0.4) is 0 Å². The van der Waals surface area contributed by atoms with Crippen LogP contribution in [0.15, 0.2) is 6.20 Å². The topological polar surface area (TPSA) is 48.3 Å². The van der Waals surface area contributed by atoms with E-state index in [0.717, 1.165) is 6.42 Å². The van der Waals surface area contributed by atoms with E-state index >= 15 is 0 Å². The van der Waals surface area contributed by atoms with Crippen LogP contribution >= 0.6 is 0 Å². The van der Waals surface area contributed by atoms with E-state index in [1.54, 1.807) is 10.9 Å². The summed E-state index contributed by atoms with van der Waals surface area (Å²) in [6.45, 7) is 3.78. The maximum atomic E-state index is 12.2. The van der Waals surface area contributed by atoms with Crippen LogP contribution in [0.1, 0.15) is 32.0 Å². The van der Waals surface area contributed by atoms with Crippen molar-refractivity contribution < 1.29 is 22.6 Å². The van der Waals surface area contributed by atoms with E-state index in [4.69, 9.17) is 9.47 Å². The summed E-state index contributed by atoms with van der Waals surface area (Å²) < 4.78 is 48.3. The fraction of sp³-hybridized carbons (Fsp3) is 0.769. The van der Waals surface area contributed by atoms with Crippen LogP contribution in [-0.4, -0.2) is 42.8 Å². The Kier molecular flexibility index (Phi) is 6.97. The number of likely N-dealkylation sites (N-methyl/N-ethyl adjacent to an activating group) is 1. The molecule has 1 aromatic heterocycles. The number of alkyl halides is 3. The Balaban J connectivity index is 2.85. The Morgan fingerprint density at radius 3 is 2.62 bits per heavy atom. The molecule has 1 aromatic rings. The largest absolute Gasteiger partial charge is 0.493 e. The zero-order valence-corrected chi connectivity index (χ0v) is 12.5. The van der Waals surface area contributed by atoms with Crippen molar-refractivity contribution in [3.8, 4) is 5.75 Å². The van der Waals surface area contributed by atoms with Gasteiger partial charge in [-0.3, -0.25) is 4.68 Å². The van der Waals surface area contributed by atoms with Gasteiger partial charge in [0.05, 0.1) is 31.6 Å². The quantitative estimate of drug-likeness (QED) is 0.761. The Labute approximate surface area is 122 Å². The molecule has 0 aromatic carbocycles. The third kappa shape index (κ3) is 5.55. The van der Waals surface area contributed by atoms with Gasteiger partial charge in [0.1, 0.15) is 6.61 Å². The maximum absolute atomic E-state index is 12.2. The molecule has 1 rings (SSSR count). The lowest BCUT2D eigenvalue weighted by molar-refractivity contribution is -0.175. The standard InChI is InChI=1S/C13H22F3N3O2/c1-4-6-19-12(11(20-3)7-18-19)10(17-5-2)8-21-9-13(14,15)16/h7,10,17H,4-6,8-9H2,1-3H3. The summed E-state index contributed by atoms with van der Waals surface area (Å²) in [5.74, 6) is 0.546. The van der Waals surface area contributed by atoms with E-state index in [0.29, 0.717) is 24.5 Å². The van der Waals surface area contributed by atoms with Crippen LogP contribution in [-0.2, 0) is 11.3 Å². The number of ether oxygens (including phenoxy) is 2. The number of nitrogens with one attached hydrogen (secondary N) is 1. The SMILES string of the molecule is CCCn1ncc(OC)c1C(COCC(F)(F)F)NCC. The van der Waals surface area contributed by atoms with Crippen LogP contribution in [0.4, 0.5) is 13.2 Å². The maximum Gasteiger partial charge on any atom is 0.411 e. The molecule has 0 amide bonds. The minimum Gasteiger partial charge on any atom is -0.493 e. The summed E-state index contributed by atoms with van der Waals surface area (Å²) in [5, 5.41) is 7.32. The zero-order valence-electron chi connectivity index (χ0n) is 12.5. The molecule has 0 aliphatic carbocycles. The third-order valence-electron chi connectivity index (χ3n) is 2.83. The number of aromatic nitrogens is 2. The highest BCUT2D eigenvalue weighted by atomic mass is 19.4. The van der Waals surface area contributed by atoms with Crippen molar-refractivity contribution in [3.05, 3.63) is 11.9 Å². The predicted octanol–water partition coefficient (Wildman–Crippen LogP) is 2.53. The Hall–Kier alpha value is -1.28. The molecule has 0 bridgehead atoms. The second-order valence-corrected chi connectivity index (χ2v) is 4.56. The molecule has 8 heteroatoms. The van der Waals surface area contributed by atoms with Gasteiger partial charge in [0.25, 0.3) is 0 Å². The fourth-order valence-corrected chi connectivity index (χ4v) is 2.05. The van der Waals surface area contributed by atoms with Crippen LogP contribution in [0, 0.1) is 0 Å². The number of nitrogens with zero attached hydrogens (tertiary/aromatic N) is 2. The summed E-state index contributed by atoms with van der Waals surface area (Å²) in [6.07, 6.45) is -1.90. The molecule has 1 atom stereocenters. The zero-order chi connectivity index (χ0) is 15.9. The number of methoxy groups -OCH3 is 1. The second kappa shape index (κ2) is 8.23. The van der Waals surface area contributed by atoms with Gasteiger partial charge in [-0.15, -0.1) is 0 Å². The van der Waals surface area contributed by atoms with Crippen molar-refractivity contribution in [2.45, 2.75) is 39.0 Å².